The van der Waals surface area contributed by atoms with Crippen LogP contribution in [-0.4, -0.2) is 24.2 Å². The van der Waals surface area contributed by atoms with Gasteiger partial charge in [0.05, 0.1) is 0 Å². The van der Waals surface area contributed by atoms with E-state index in [9.17, 15) is 4.39 Å². The summed E-state index contributed by atoms with van der Waals surface area (Å²) >= 11 is 1.57. The van der Waals surface area contributed by atoms with Gasteiger partial charge in [-0.05, 0) is 24.7 Å². The van der Waals surface area contributed by atoms with Gasteiger partial charge in [0, 0.05) is 23.7 Å². The van der Waals surface area contributed by atoms with Gasteiger partial charge in [0.25, 0.3) is 0 Å². The third-order valence-electron chi connectivity index (χ3n) is 2.86. The monoisotopic (exact) mass is 275 g/mol. The lowest BCUT2D eigenvalue weighted by molar-refractivity contribution is 0.348. The number of thioether (sulfide) groups is 1. The lowest BCUT2D eigenvalue weighted by atomic mass is 10.2. The van der Waals surface area contributed by atoms with Crippen LogP contribution in [0.1, 0.15) is 5.56 Å². The van der Waals surface area contributed by atoms with Crippen LogP contribution in [0, 0.1) is 5.82 Å². The molecule has 0 amide bonds. The van der Waals surface area contributed by atoms with Gasteiger partial charge < -0.3 is 4.90 Å². The molecule has 0 aliphatic carbocycles. The van der Waals surface area contributed by atoms with Crippen LogP contribution >= 0.6 is 11.8 Å². The van der Waals surface area contributed by atoms with Crippen LogP contribution in [0.25, 0.3) is 0 Å². The van der Waals surface area contributed by atoms with Gasteiger partial charge in [0.2, 0.25) is 0 Å². The first kappa shape index (κ1) is 14.1. The van der Waals surface area contributed by atoms with Gasteiger partial charge in [-0.3, -0.25) is 0 Å². The fourth-order valence-electron chi connectivity index (χ4n) is 1.85. The van der Waals surface area contributed by atoms with Crippen LogP contribution < -0.4 is 0 Å². The van der Waals surface area contributed by atoms with E-state index >= 15 is 0 Å². The summed E-state index contributed by atoms with van der Waals surface area (Å²) in [6, 6.07) is 17.3. The highest BCUT2D eigenvalue weighted by molar-refractivity contribution is 7.99. The van der Waals surface area contributed by atoms with Crippen molar-refractivity contribution in [3.63, 3.8) is 0 Å². The summed E-state index contributed by atoms with van der Waals surface area (Å²) < 4.78 is 13.4. The zero-order valence-electron chi connectivity index (χ0n) is 11.1. The van der Waals surface area contributed by atoms with Gasteiger partial charge in [-0.2, -0.15) is 0 Å². The normalized spacial score (nSPS) is 10.9. The first-order valence-electron chi connectivity index (χ1n) is 6.35. The maximum atomic E-state index is 13.4. The van der Waals surface area contributed by atoms with Gasteiger partial charge in [-0.15, -0.1) is 11.8 Å². The Morgan fingerprint density at radius 2 is 1.68 bits per heavy atom. The summed E-state index contributed by atoms with van der Waals surface area (Å²) in [5, 5.41) is 0. The first-order chi connectivity index (χ1) is 9.25. The first-order valence-corrected chi connectivity index (χ1v) is 7.34. The highest BCUT2D eigenvalue weighted by Gasteiger charge is 2.03. The molecule has 2 rings (SSSR count). The summed E-state index contributed by atoms with van der Waals surface area (Å²) in [6.07, 6.45) is 0. The van der Waals surface area contributed by atoms with Crippen LogP contribution in [0.3, 0.4) is 0 Å². The van der Waals surface area contributed by atoms with E-state index in [0.29, 0.717) is 0 Å². The molecule has 0 saturated heterocycles. The molecule has 2 aromatic carbocycles. The number of hydrogen-bond donors (Lipinski definition) is 0. The Kier molecular flexibility index (Phi) is 5.43. The molecule has 3 heteroatoms. The van der Waals surface area contributed by atoms with E-state index in [0.717, 1.165) is 23.7 Å². The number of nitrogens with zero attached hydrogens (tertiary/aromatic N) is 1. The molecule has 2 aromatic rings. The van der Waals surface area contributed by atoms with E-state index in [1.807, 2.05) is 18.2 Å². The average molecular weight is 275 g/mol. The summed E-state index contributed by atoms with van der Waals surface area (Å²) in [5.74, 6) is 0.766. The summed E-state index contributed by atoms with van der Waals surface area (Å²) in [7, 11) is 2.09. The van der Waals surface area contributed by atoms with Crippen molar-refractivity contribution in [2.45, 2.75) is 11.4 Å². The molecule has 0 unspecified atom stereocenters. The molecule has 1 nitrogen and oxygen atoms in total. The largest absolute Gasteiger partial charge is 0.301 e. The zero-order chi connectivity index (χ0) is 13.5. The van der Waals surface area contributed by atoms with Crippen LogP contribution in [-0.2, 0) is 6.54 Å². The lowest BCUT2D eigenvalue weighted by Crippen LogP contribution is -2.20. The van der Waals surface area contributed by atoms with Crippen molar-refractivity contribution in [3.8, 4) is 0 Å². The second kappa shape index (κ2) is 7.31. The molecule has 0 aliphatic rings. The molecule has 0 aromatic heterocycles. The zero-order valence-corrected chi connectivity index (χ0v) is 11.9. The van der Waals surface area contributed by atoms with Gasteiger partial charge in [-0.25, -0.2) is 4.39 Å². The third-order valence-corrected chi connectivity index (χ3v) is 3.89. The molecule has 19 heavy (non-hydrogen) atoms. The van der Waals surface area contributed by atoms with Crippen molar-refractivity contribution in [1.29, 1.82) is 0 Å². The predicted molar refractivity (Wildman–Crippen MR) is 79.9 cm³/mol. The van der Waals surface area contributed by atoms with Crippen molar-refractivity contribution in [2.24, 2.45) is 0 Å². The van der Waals surface area contributed by atoms with Gasteiger partial charge in [-0.1, -0.05) is 42.5 Å². The van der Waals surface area contributed by atoms with Crippen molar-refractivity contribution in [2.75, 3.05) is 19.3 Å². The number of rotatable bonds is 6. The van der Waals surface area contributed by atoms with Gasteiger partial charge >= 0.3 is 0 Å². The second-order valence-corrected chi connectivity index (χ2v) is 5.64. The molecule has 0 saturated carbocycles. The van der Waals surface area contributed by atoms with Crippen molar-refractivity contribution in [1.82, 2.24) is 4.90 Å². The van der Waals surface area contributed by atoms with E-state index in [-0.39, 0.29) is 5.82 Å². The van der Waals surface area contributed by atoms with Crippen LogP contribution in [0.5, 0.6) is 0 Å². The highest BCUT2D eigenvalue weighted by Crippen LogP contribution is 2.21. The van der Waals surface area contributed by atoms with Crippen LogP contribution in [0.2, 0.25) is 0 Å². The minimum atomic E-state index is -0.127. The van der Waals surface area contributed by atoms with E-state index in [1.54, 1.807) is 17.8 Å². The molecule has 100 valence electrons. The average Bonchev–Trinajstić information content (AvgIpc) is 2.42. The molecule has 0 heterocycles. The summed E-state index contributed by atoms with van der Waals surface area (Å²) in [4.78, 5) is 2.99. The standard InChI is InChI=1S/C16H18FNS/c1-18(13-14-7-3-2-4-8-14)11-12-19-16-10-6-5-9-15(16)17/h2-10H,11-13H2,1H3. The lowest BCUT2D eigenvalue weighted by Gasteiger charge is -2.16. The molecular weight excluding hydrogens is 257 g/mol. The third kappa shape index (κ3) is 4.69. The Morgan fingerprint density at radius 1 is 1.00 bits per heavy atom. The fourth-order valence-corrected chi connectivity index (χ4v) is 2.85. The quantitative estimate of drug-likeness (QED) is 0.732. The molecule has 0 spiro atoms. The summed E-state index contributed by atoms with van der Waals surface area (Å²) in [6.45, 7) is 1.87. The minimum Gasteiger partial charge on any atom is -0.301 e. The molecule has 0 N–H and O–H groups in total. The van der Waals surface area contributed by atoms with Crippen LogP contribution in [0.4, 0.5) is 4.39 Å². The minimum absolute atomic E-state index is 0.127. The Hall–Kier alpha value is -1.32. The predicted octanol–water partition coefficient (Wildman–Crippen LogP) is 4.05. The Labute approximate surface area is 118 Å². The van der Waals surface area contributed by atoms with Crippen LogP contribution in [0.15, 0.2) is 59.5 Å². The van der Waals surface area contributed by atoms with Crippen molar-refractivity contribution in [3.05, 3.63) is 66.0 Å². The Bertz CT molecular complexity index is 501. The van der Waals surface area contributed by atoms with Gasteiger partial charge in [0.1, 0.15) is 5.82 Å². The van der Waals surface area contributed by atoms with E-state index < -0.39 is 0 Å². The van der Waals surface area contributed by atoms with E-state index in [2.05, 4.69) is 36.2 Å². The van der Waals surface area contributed by atoms with Crippen molar-refractivity contribution >= 4 is 11.8 Å². The van der Waals surface area contributed by atoms with E-state index in [4.69, 9.17) is 0 Å². The second-order valence-electron chi connectivity index (χ2n) is 4.50. The summed E-state index contributed by atoms with van der Waals surface area (Å²) in [5.41, 5.74) is 1.31. The Balaban J connectivity index is 1.75. The van der Waals surface area contributed by atoms with Gasteiger partial charge in [0.15, 0.2) is 0 Å². The van der Waals surface area contributed by atoms with Crippen molar-refractivity contribution < 1.29 is 4.39 Å². The SMILES string of the molecule is CN(CCSc1ccccc1F)Cc1ccccc1. The maximum Gasteiger partial charge on any atom is 0.136 e. The molecule has 0 bridgehead atoms. The fraction of sp³-hybridized carbons (Fsp3) is 0.250. The molecule has 0 fully saturated rings. The highest BCUT2D eigenvalue weighted by atomic mass is 32.2. The molecule has 0 radical (unpaired) electrons. The Morgan fingerprint density at radius 3 is 2.42 bits per heavy atom. The number of benzene rings is 2. The maximum absolute atomic E-state index is 13.4. The topological polar surface area (TPSA) is 3.24 Å². The number of halogens is 1. The smallest absolute Gasteiger partial charge is 0.136 e. The number of hydrogen-bond acceptors (Lipinski definition) is 2. The van der Waals surface area contributed by atoms with E-state index in [1.165, 1.54) is 11.6 Å². The molecule has 0 aliphatic heterocycles. The molecule has 0 atom stereocenters. The molecular formula is C16H18FNS.